The highest BCUT2D eigenvalue weighted by molar-refractivity contribution is 7.47. The second-order valence-electron chi connectivity index (χ2n) is 32.5. The Labute approximate surface area is 651 Å². The van der Waals surface area contributed by atoms with Gasteiger partial charge >= 0.3 is 39.5 Å². The largest absolute Gasteiger partial charge is 0.472 e. The lowest BCUT2D eigenvalue weighted by Crippen LogP contribution is -2.30. The molecule has 0 amide bonds. The molecular weight excluding hydrogens is 1380 g/mol. The van der Waals surface area contributed by atoms with Gasteiger partial charge in [-0.15, -0.1) is 0 Å². The van der Waals surface area contributed by atoms with E-state index in [9.17, 15) is 43.2 Å². The maximum absolute atomic E-state index is 13.2. The molecule has 0 aliphatic rings. The first kappa shape index (κ1) is 104. The molecule has 0 saturated heterocycles. The summed E-state index contributed by atoms with van der Waals surface area (Å²) in [5.41, 5.74) is 0. The van der Waals surface area contributed by atoms with Crippen molar-refractivity contribution in [2.24, 2.45) is 17.8 Å². The average Bonchev–Trinajstić information content (AvgIpc) is 0.900. The van der Waals surface area contributed by atoms with E-state index in [4.69, 9.17) is 37.0 Å². The number of aliphatic hydroxyl groups is 1. The number of ether oxygens (including phenoxy) is 4. The van der Waals surface area contributed by atoms with E-state index in [0.29, 0.717) is 25.7 Å². The van der Waals surface area contributed by atoms with Crippen LogP contribution >= 0.6 is 15.6 Å². The molecule has 0 saturated carbocycles. The molecule has 630 valence electrons. The first-order valence-corrected chi connectivity index (χ1v) is 47.9. The minimum atomic E-state index is -4.97. The number of unbranched alkanes of at least 4 members (excludes halogenated alkanes) is 52. The van der Waals surface area contributed by atoms with Crippen molar-refractivity contribution in [2.45, 2.75) is 478 Å². The number of carbonyl (C=O) groups excluding carboxylic acids is 4. The normalized spacial score (nSPS) is 14.1. The topological polar surface area (TPSA) is 237 Å². The fourth-order valence-corrected chi connectivity index (χ4v) is 15.1. The predicted octanol–water partition coefficient (Wildman–Crippen LogP) is 26.5. The van der Waals surface area contributed by atoms with Crippen molar-refractivity contribution in [2.75, 3.05) is 39.6 Å². The highest BCUT2D eigenvalue weighted by atomic mass is 31.2. The van der Waals surface area contributed by atoms with E-state index in [0.717, 1.165) is 108 Å². The molecule has 0 aromatic rings. The maximum Gasteiger partial charge on any atom is 0.472 e. The summed E-state index contributed by atoms with van der Waals surface area (Å²) in [6, 6.07) is 0. The summed E-state index contributed by atoms with van der Waals surface area (Å²) in [4.78, 5) is 73.3. The van der Waals surface area contributed by atoms with Crippen LogP contribution in [0.5, 0.6) is 0 Å². The molecule has 19 heteroatoms. The van der Waals surface area contributed by atoms with Crippen molar-refractivity contribution in [3.63, 3.8) is 0 Å². The summed E-state index contributed by atoms with van der Waals surface area (Å²) in [6.45, 7) is 12.0. The highest BCUT2D eigenvalue weighted by Gasteiger charge is 2.31. The van der Waals surface area contributed by atoms with Crippen molar-refractivity contribution < 1.29 is 80.2 Å². The van der Waals surface area contributed by atoms with Crippen LogP contribution in [0.3, 0.4) is 0 Å². The molecule has 106 heavy (non-hydrogen) atoms. The van der Waals surface area contributed by atoms with Gasteiger partial charge in [0.2, 0.25) is 0 Å². The third kappa shape index (κ3) is 78.7. The number of carbonyl (C=O) groups is 4. The summed E-state index contributed by atoms with van der Waals surface area (Å²) in [5.74, 6) is 0.249. The van der Waals surface area contributed by atoms with Gasteiger partial charge in [-0.3, -0.25) is 37.3 Å². The number of hydrogen-bond acceptors (Lipinski definition) is 15. The fraction of sp³-hybridized carbons (Fsp3) is 0.954. The van der Waals surface area contributed by atoms with Crippen molar-refractivity contribution >= 4 is 39.5 Å². The maximum atomic E-state index is 13.2. The second kappa shape index (κ2) is 77.0. The third-order valence-corrected chi connectivity index (χ3v) is 22.6. The lowest BCUT2D eigenvalue weighted by molar-refractivity contribution is -0.161. The predicted molar refractivity (Wildman–Crippen MR) is 437 cm³/mol. The molecule has 0 radical (unpaired) electrons. The second-order valence-corrected chi connectivity index (χ2v) is 35.4. The average molecular weight is 1550 g/mol. The van der Waals surface area contributed by atoms with E-state index in [1.54, 1.807) is 0 Å². The highest BCUT2D eigenvalue weighted by Crippen LogP contribution is 2.45. The van der Waals surface area contributed by atoms with Gasteiger partial charge in [-0.05, 0) is 43.4 Å². The van der Waals surface area contributed by atoms with Crippen molar-refractivity contribution in [1.82, 2.24) is 0 Å². The summed E-state index contributed by atoms with van der Waals surface area (Å²) in [5, 5.41) is 10.7. The van der Waals surface area contributed by atoms with Crippen LogP contribution < -0.4 is 0 Å². The van der Waals surface area contributed by atoms with Gasteiger partial charge in [0.05, 0.1) is 26.4 Å². The summed E-state index contributed by atoms with van der Waals surface area (Å²) < 4.78 is 68.9. The lowest BCUT2D eigenvalue weighted by atomic mass is 9.99. The zero-order valence-corrected chi connectivity index (χ0v) is 71.7. The Kier molecular flexibility index (Phi) is 75.6. The fourth-order valence-electron chi connectivity index (χ4n) is 13.5. The molecule has 0 spiro atoms. The first-order valence-electron chi connectivity index (χ1n) is 44.9. The molecule has 0 bridgehead atoms. The standard InChI is InChI=1S/C87H170O17P2/c1-8-10-11-12-13-14-15-16-17-18-19-20-21-22-23-24-29-35-40-49-56-63-70-86(91)103-82(74-97-84(89)68-61-54-47-39-34-28-26-25-27-32-37-44-51-58-65-78(3)4)76-101-105(93,94)99-72-81(88)73-100-106(95,96)102-77-83(75-98-85(90)69-62-55-48-43-42-46-53-60-67-80(7)9-2)104-87(92)71-64-57-50-41-36-31-30-33-38-45-52-59-66-79(5)6/h78-83,88H,8-77H2,1-7H3,(H,93,94)(H,95,96)/t80?,81-,82-,83-/m1/s1. The molecule has 0 rings (SSSR count). The zero-order valence-electron chi connectivity index (χ0n) is 69.9. The Balaban J connectivity index is 5.25. The number of aliphatic hydroxyl groups excluding tert-OH is 1. The van der Waals surface area contributed by atoms with Gasteiger partial charge in [-0.2, -0.15) is 0 Å². The van der Waals surface area contributed by atoms with Crippen LogP contribution in [0.1, 0.15) is 459 Å². The van der Waals surface area contributed by atoms with Crippen LogP contribution in [-0.2, 0) is 65.4 Å². The molecule has 3 N–H and O–H groups in total. The van der Waals surface area contributed by atoms with Crippen LogP contribution in [0, 0.1) is 17.8 Å². The lowest BCUT2D eigenvalue weighted by Gasteiger charge is -2.21. The van der Waals surface area contributed by atoms with Gasteiger partial charge < -0.3 is 33.8 Å². The Morgan fingerprint density at radius 3 is 0.717 bits per heavy atom. The van der Waals surface area contributed by atoms with Crippen LogP contribution in [0.15, 0.2) is 0 Å². The number of phosphoric acid groups is 2. The van der Waals surface area contributed by atoms with Gasteiger partial charge in [0.1, 0.15) is 19.3 Å². The van der Waals surface area contributed by atoms with Gasteiger partial charge in [-0.1, -0.05) is 408 Å². The van der Waals surface area contributed by atoms with E-state index >= 15 is 0 Å². The van der Waals surface area contributed by atoms with Gasteiger partial charge in [0.25, 0.3) is 0 Å². The van der Waals surface area contributed by atoms with Crippen LogP contribution in [0.4, 0.5) is 0 Å². The van der Waals surface area contributed by atoms with E-state index < -0.39 is 97.5 Å². The van der Waals surface area contributed by atoms with Crippen LogP contribution in [-0.4, -0.2) is 96.7 Å². The molecule has 0 aliphatic heterocycles. The smallest absolute Gasteiger partial charge is 0.462 e. The third-order valence-electron chi connectivity index (χ3n) is 20.7. The van der Waals surface area contributed by atoms with Crippen LogP contribution in [0.25, 0.3) is 0 Å². The summed E-state index contributed by atoms with van der Waals surface area (Å²) in [6.07, 6.45) is 68.0. The number of esters is 4. The minimum Gasteiger partial charge on any atom is -0.462 e. The first-order chi connectivity index (χ1) is 51.3. The van der Waals surface area contributed by atoms with Crippen molar-refractivity contribution in [3.05, 3.63) is 0 Å². The van der Waals surface area contributed by atoms with Crippen LogP contribution in [0.2, 0.25) is 0 Å². The van der Waals surface area contributed by atoms with Gasteiger partial charge in [-0.25, -0.2) is 9.13 Å². The molecule has 0 aromatic carbocycles. The number of phosphoric ester groups is 2. The monoisotopic (exact) mass is 1550 g/mol. The number of rotatable bonds is 85. The van der Waals surface area contributed by atoms with Crippen molar-refractivity contribution in [1.29, 1.82) is 0 Å². The Bertz CT molecular complexity index is 2050. The van der Waals surface area contributed by atoms with Gasteiger partial charge in [0.15, 0.2) is 12.2 Å². The molecule has 0 aliphatic carbocycles. The molecule has 0 heterocycles. The molecule has 17 nitrogen and oxygen atoms in total. The van der Waals surface area contributed by atoms with Gasteiger partial charge in [0, 0.05) is 25.7 Å². The quantitative estimate of drug-likeness (QED) is 0.0222. The Hall–Kier alpha value is -1.94. The molecular formula is C87H170O17P2. The van der Waals surface area contributed by atoms with E-state index in [-0.39, 0.29) is 25.7 Å². The summed E-state index contributed by atoms with van der Waals surface area (Å²) >= 11 is 0. The molecule has 0 fully saturated rings. The summed E-state index contributed by atoms with van der Waals surface area (Å²) in [7, 11) is -9.93. The van der Waals surface area contributed by atoms with E-state index in [1.165, 1.54) is 270 Å². The molecule has 0 aromatic heterocycles. The SMILES string of the molecule is CCCCCCCCCCCCCCCCCCCCCCCCC(=O)O[C@H](COC(=O)CCCCCCCCCCCCCCCCC(C)C)COP(=O)(O)OC[C@@H](O)COP(=O)(O)OC[C@@H](COC(=O)CCCCCCCCCCC(C)CC)OC(=O)CCCCCCCCCCCCCCC(C)C. The Morgan fingerprint density at radius 1 is 0.274 bits per heavy atom. The molecule has 3 unspecified atom stereocenters. The zero-order chi connectivity index (χ0) is 77.9. The van der Waals surface area contributed by atoms with Crippen molar-refractivity contribution in [3.8, 4) is 0 Å². The minimum absolute atomic E-state index is 0.107. The Morgan fingerprint density at radius 2 is 0.481 bits per heavy atom. The number of hydrogen-bond donors (Lipinski definition) is 3. The van der Waals surface area contributed by atoms with E-state index in [1.807, 2.05) is 0 Å². The molecule has 6 atom stereocenters. The van der Waals surface area contributed by atoms with E-state index in [2.05, 4.69) is 48.5 Å².